The zero-order valence-electron chi connectivity index (χ0n) is 15.4. The van der Waals surface area contributed by atoms with E-state index in [-0.39, 0.29) is 5.91 Å². The Morgan fingerprint density at radius 3 is 2.80 bits per heavy atom. The molecule has 0 radical (unpaired) electrons. The first-order valence-electron chi connectivity index (χ1n) is 9.21. The van der Waals surface area contributed by atoms with E-state index in [1.807, 2.05) is 0 Å². The van der Waals surface area contributed by atoms with Gasteiger partial charge in [0.15, 0.2) is 11.7 Å². The molecule has 2 rings (SSSR count). The minimum atomic E-state index is -0.203. The van der Waals surface area contributed by atoms with Crippen LogP contribution in [-0.4, -0.2) is 62.6 Å². The lowest BCUT2D eigenvalue weighted by Gasteiger charge is -2.33. The third-order valence-electron chi connectivity index (χ3n) is 4.53. The Labute approximate surface area is 150 Å². The predicted molar refractivity (Wildman–Crippen MR) is 99.9 cm³/mol. The molecule has 25 heavy (non-hydrogen) atoms. The quantitative estimate of drug-likeness (QED) is 0.376. The van der Waals surface area contributed by atoms with Crippen LogP contribution in [0.25, 0.3) is 0 Å². The van der Waals surface area contributed by atoms with Crippen molar-refractivity contribution in [1.29, 1.82) is 0 Å². The van der Waals surface area contributed by atoms with Gasteiger partial charge in [-0.15, -0.1) is 0 Å². The molecule has 1 aliphatic rings. The molecule has 140 valence electrons. The van der Waals surface area contributed by atoms with Gasteiger partial charge in [0, 0.05) is 39.3 Å². The van der Waals surface area contributed by atoms with Crippen LogP contribution >= 0.6 is 0 Å². The highest BCUT2D eigenvalue weighted by Crippen LogP contribution is 2.15. The summed E-state index contributed by atoms with van der Waals surface area (Å²) in [7, 11) is 1.75. The lowest BCUT2D eigenvalue weighted by atomic mass is 10.0. The van der Waals surface area contributed by atoms with Crippen molar-refractivity contribution in [3.05, 3.63) is 24.2 Å². The van der Waals surface area contributed by atoms with Gasteiger partial charge in [-0.3, -0.25) is 9.79 Å². The number of furan rings is 1. The number of guanidine groups is 1. The average molecular weight is 349 g/mol. The summed E-state index contributed by atoms with van der Waals surface area (Å²) >= 11 is 0. The molecule has 7 heteroatoms. The third-order valence-corrected chi connectivity index (χ3v) is 4.53. The van der Waals surface area contributed by atoms with Gasteiger partial charge < -0.3 is 25.3 Å². The number of carbonyl (C=O) groups is 1. The van der Waals surface area contributed by atoms with E-state index in [0.717, 1.165) is 25.5 Å². The molecule has 3 N–H and O–H groups in total. The van der Waals surface area contributed by atoms with Crippen molar-refractivity contribution >= 4 is 11.9 Å². The molecule has 7 nitrogen and oxygen atoms in total. The Kier molecular flexibility index (Phi) is 8.31. The first-order valence-corrected chi connectivity index (χ1v) is 9.21. The maximum absolute atomic E-state index is 11.7. The van der Waals surface area contributed by atoms with Crippen molar-refractivity contribution < 1.29 is 9.21 Å². The van der Waals surface area contributed by atoms with Crippen LogP contribution in [0.1, 0.15) is 43.2 Å². The first kappa shape index (κ1) is 19.3. The third kappa shape index (κ3) is 6.78. The Morgan fingerprint density at radius 2 is 2.08 bits per heavy atom. The topological polar surface area (TPSA) is 81.9 Å². The molecular weight excluding hydrogens is 318 g/mol. The van der Waals surface area contributed by atoms with Crippen molar-refractivity contribution in [3.8, 4) is 0 Å². The predicted octanol–water partition coefficient (Wildman–Crippen LogP) is 1.44. The molecule has 1 fully saturated rings. The van der Waals surface area contributed by atoms with Crippen LogP contribution in [0.3, 0.4) is 0 Å². The minimum Gasteiger partial charge on any atom is -0.459 e. The van der Waals surface area contributed by atoms with Crippen LogP contribution in [0.5, 0.6) is 0 Å². The molecule has 2 heterocycles. The lowest BCUT2D eigenvalue weighted by molar-refractivity contribution is 0.0926. The van der Waals surface area contributed by atoms with E-state index in [1.165, 1.54) is 32.1 Å². The maximum Gasteiger partial charge on any atom is 0.287 e. The van der Waals surface area contributed by atoms with Crippen LogP contribution in [0.15, 0.2) is 27.8 Å². The second-order valence-electron chi connectivity index (χ2n) is 6.39. The fourth-order valence-corrected chi connectivity index (χ4v) is 3.05. The van der Waals surface area contributed by atoms with E-state index in [9.17, 15) is 4.79 Å². The van der Waals surface area contributed by atoms with Crippen molar-refractivity contribution in [2.45, 2.75) is 38.6 Å². The SMILES string of the molecule is CN=C(NCCCN1CCCCC1C)NCCNC(=O)c1ccco1. The van der Waals surface area contributed by atoms with E-state index in [1.54, 1.807) is 19.2 Å². The Hall–Kier alpha value is -2.02. The molecule has 1 amide bonds. The highest BCUT2D eigenvalue weighted by atomic mass is 16.3. The number of hydrogen-bond donors (Lipinski definition) is 3. The standard InChI is InChI=1S/C18H31N5O2/c1-15-7-3-4-12-23(15)13-6-9-21-18(19-2)22-11-10-20-17(24)16-8-5-14-25-16/h5,8,14-15H,3-4,6-7,9-13H2,1-2H3,(H,20,24)(H2,19,21,22). The van der Waals surface area contributed by atoms with Crippen LogP contribution in [0.4, 0.5) is 0 Å². The van der Waals surface area contributed by atoms with Crippen molar-refractivity contribution in [2.24, 2.45) is 4.99 Å². The number of piperidine rings is 1. The molecule has 0 bridgehead atoms. The second kappa shape index (κ2) is 10.8. The van der Waals surface area contributed by atoms with Crippen molar-refractivity contribution in [1.82, 2.24) is 20.9 Å². The van der Waals surface area contributed by atoms with Crippen molar-refractivity contribution in [3.63, 3.8) is 0 Å². The van der Waals surface area contributed by atoms with Gasteiger partial charge in [0.05, 0.1) is 6.26 Å². The summed E-state index contributed by atoms with van der Waals surface area (Å²) in [6.07, 6.45) is 6.60. The fourth-order valence-electron chi connectivity index (χ4n) is 3.05. The van der Waals surface area contributed by atoms with Crippen LogP contribution in [0.2, 0.25) is 0 Å². The number of carbonyl (C=O) groups excluding carboxylic acids is 1. The number of likely N-dealkylation sites (tertiary alicyclic amines) is 1. The number of nitrogens with one attached hydrogen (secondary N) is 3. The Balaban J connectivity index is 1.54. The van der Waals surface area contributed by atoms with Gasteiger partial charge >= 0.3 is 0 Å². The highest BCUT2D eigenvalue weighted by molar-refractivity contribution is 5.91. The van der Waals surface area contributed by atoms with Gasteiger partial charge in [0.2, 0.25) is 0 Å². The van der Waals surface area contributed by atoms with Gasteiger partial charge in [-0.2, -0.15) is 0 Å². The smallest absolute Gasteiger partial charge is 0.287 e. The minimum absolute atomic E-state index is 0.203. The molecule has 1 unspecified atom stereocenters. The van der Waals surface area contributed by atoms with E-state index < -0.39 is 0 Å². The molecule has 0 saturated carbocycles. The zero-order chi connectivity index (χ0) is 17.9. The van der Waals surface area contributed by atoms with E-state index in [2.05, 4.69) is 32.8 Å². The van der Waals surface area contributed by atoms with E-state index in [4.69, 9.17) is 4.42 Å². The number of nitrogens with zero attached hydrogens (tertiary/aromatic N) is 2. The van der Waals surface area contributed by atoms with Gasteiger partial charge in [0.1, 0.15) is 0 Å². The number of rotatable bonds is 8. The highest BCUT2D eigenvalue weighted by Gasteiger charge is 2.17. The molecule has 1 saturated heterocycles. The first-order chi connectivity index (χ1) is 12.2. The molecule has 1 aromatic rings. The Morgan fingerprint density at radius 1 is 1.28 bits per heavy atom. The molecule has 1 atom stereocenters. The summed E-state index contributed by atoms with van der Waals surface area (Å²) in [6.45, 7) is 6.68. The normalized spacial score (nSPS) is 18.8. The summed E-state index contributed by atoms with van der Waals surface area (Å²) in [5.74, 6) is 0.888. The summed E-state index contributed by atoms with van der Waals surface area (Å²) in [6, 6.07) is 4.06. The summed E-state index contributed by atoms with van der Waals surface area (Å²) in [5.41, 5.74) is 0. The van der Waals surface area contributed by atoms with E-state index >= 15 is 0 Å². The monoisotopic (exact) mass is 349 g/mol. The summed E-state index contributed by atoms with van der Waals surface area (Å²) in [5, 5.41) is 9.31. The largest absolute Gasteiger partial charge is 0.459 e. The van der Waals surface area contributed by atoms with E-state index in [0.29, 0.717) is 24.9 Å². The number of aliphatic imine (C=N–C) groups is 1. The zero-order valence-corrected chi connectivity index (χ0v) is 15.4. The van der Waals surface area contributed by atoms with Gasteiger partial charge in [0.25, 0.3) is 5.91 Å². The summed E-state index contributed by atoms with van der Waals surface area (Å²) in [4.78, 5) is 18.5. The van der Waals surface area contributed by atoms with Gasteiger partial charge in [-0.1, -0.05) is 6.42 Å². The van der Waals surface area contributed by atoms with Gasteiger partial charge in [-0.05, 0) is 44.9 Å². The number of amides is 1. The molecule has 1 aromatic heterocycles. The summed E-state index contributed by atoms with van der Waals surface area (Å²) < 4.78 is 5.05. The molecule has 0 aromatic carbocycles. The lowest BCUT2D eigenvalue weighted by Crippen LogP contribution is -2.43. The maximum atomic E-state index is 11.7. The van der Waals surface area contributed by atoms with Crippen LogP contribution < -0.4 is 16.0 Å². The average Bonchev–Trinajstić information content (AvgIpc) is 3.16. The number of hydrogen-bond acceptors (Lipinski definition) is 4. The molecule has 0 aliphatic carbocycles. The fraction of sp³-hybridized carbons (Fsp3) is 0.667. The van der Waals surface area contributed by atoms with Crippen molar-refractivity contribution in [2.75, 3.05) is 39.8 Å². The molecule has 1 aliphatic heterocycles. The van der Waals surface area contributed by atoms with Crippen LogP contribution in [0, 0.1) is 0 Å². The molecule has 0 spiro atoms. The Bertz CT molecular complexity index is 530. The second-order valence-corrected chi connectivity index (χ2v) is 6.39. The molecular formula is C18H31N5O2. The van der Waals surface area contributed by atoms with Crippen LogP contribution in [-0.2, 0) is 0 Å². The van der Waals surface area contributed by atoms with Gasteiger partial charge in [-0.25, -0.2) is 0 Å².